The molecule has 0 bridgehead atoms. The first-order valence-electron chi connectivity index (χ1n) is 6.65. The lowest BCUT2D eigenvalue weighted by molar-refractivity contribution is -0.120. The molecule has 0 unspecified atom stereocenters. The first-order valence-corrected chi connectivity index (χ1v) is 7.88. The van der Waals surface area contributed by atoms with Crippen LogP contribution in [0.4, 0.5) is 0 Å². The Kier molecular flexibility index (Phi) is 5.27. The predicted octanol–water partition coefficient (Wildman–Crippen LogP) is 2.81. The summed E-state index contributed by atoms with van der Waals surface area (Å²) in [6, 6.07) is 7.63. The van der Waals surface area contributed by atoms with Crippen molar-refractivity contribution in [2.75, 3.05) is 6.54 Å². The standard InChI is InChI=1S/C15H18N2O2S2/c1-9-4-3-5-11(6-9)12(18)8-16-14(19)7-13-10(2)17-15(20)21-13/h3-6,12,18H,7-8H2,1-2H3,(H,16,19)(H,17,20)/t12-/m0/s1. The van der Waals surface area contributed by atoms with E-state index in [1.165, 1.54) is 11.3 Å². The zero-order valence-electron chi connectivity index (χ0n) is 12.0. The maximum Gasteiger partial charge on any atom is 0.225 e. The average Bonchev–Trinajstić information content (AvgIpc) is 2.74. The zero-order chi connectivity index (χ0) is 15.4. The Morgan fingerprint density at radius 3 is 2.86 bits per heavy atom. The van der Waals surface area contributed by atoms with Gasteiger partial charge in [0.15, 0.2) is 3.95 Å². The monoisotopic (exact) mass is 322 g/mol. The number of aryl methyl sites for hydroxylation is 2. The summed E-state index contributed by atoms with van der Waals surface area (Å²) < 4.78 is 0.676. The first-order chi connectivity index (χ1) is 9.95. The number of nitrogens with one attached hydrogen (secondary N) is 2. The molecule has 1 aromatic heterocycles. The molecule has 0 aliphatic rings. The molecule has 21 heavy (non-hydrogen) atoms. The van der Waals surface area contributed by atoms with Crippen molar-refractivity contribution in [3.05, 3.63) is 49.9 Å². The van der Waals surface area contributed by atoms with E-state index in [1.54, 1.807) is 0 Å². The van der Waals surface area contributed by atoms with Gasteiger partial charge in [-0.15, -0.1) is 11.3 Å². The number of aromatic nitrogens is 1. The number of aliphatic hydroxyl groups excluding tert-OH is 1. The Labute approximate surface area is 132 Å². The van der Waals surface area contributed by atoms with E-state index in [-0.39, 0.29) is 18.9 Å². The van der Waals surface area contributed by atoms with E-state index in [4.69, 9.17) is 12.2 Å². The molecule has 1 aromatic carbocycles. The molecule has 6 heteroatoms. The van der Waals surface area contributed by atoms with Crippen LogP contribution in [0.15, 0.2) is 24.3 Å². The van der Waals surface area contributed by atoms with E-state index in [0.717, 1.165) is 21.7 Å². The number of hydrogen-bond donors (Lipinski definition) is 3. The maximum atomic E-state index is 11.9. The number of carbonyl (C=O) groups is 1. The summed E-state index contributed by atoms with van der Waals surface area (Å²) in [6.45, 7) is 4.07. The molecule has 0 saturated heterocycles. The second kappa shape index (κ2) is 6.98. The van der Waals surface area contributed by atoms with Crippen molar-refractivity contribution < 1.29 is 9.90 Å². The highest BCUT2D eigenvalue weighted by molar-refractivity contribution is 7.73. The molecule has 0 radical (unpaired) electrons. The fourth-order valence-corrected chi connectivity index (χ4v) is 3.31. The van der Waals surface area contributed by atoms with Crippen LogP contribution in [0.25, 0.3) is 0 Å². The Hall–Kier alpha value is -1.50. The van der Waals surface area contributed by atoms with Crippen LogP contribution in [0.1, 0.15) is 27.8 Å². The number of H-pyrrole nitrogens is 1. The largest absolute Gasteiger partial charge is 0.387 e. The molecule has 0 fully saturated rings. The molecule has 0 saturated carbocycles. The molecule has 0 aliphatic carbocycles. The van der Waals surface area contributed by atoms with Crippen LogP contribution in [0.3, 0.4) is 0 Å². The van der Waals surface area contributed by atoms with Crippen LogP contribution in [0.2, 0.25) is 0 Å². The minimum atomic E-state index is -0.695. The summed E-state index contributed by atoms with van der Waals surface area (Å²) in [7, 11) is 0. The highest BCUT2D eigenvalue weighted by Crippen LogP contribution is 2.16. The van der Waals surface area contributed by atoms with E-state index in [1.807, 2.05) is 38.1 Å². The number of aromatic amines is 1. The van der Waals surface area contributed by atoms with Crippen LogP contribution in [-0.4, -0.2) is 22.5 Å². The van der Waals surface area contributed by atoms with Gasteiger partial charge in [-0.1, -0.05) is 29.8 Å². The van der Waals surface area contributed by atoms with Gasteiger partial charge in [0.1, 0.15) is 0 Å². The van der Waals surface area contributed by atoms with Crippen molar-refractivity contribution in [3.8, 4) is 0 Å². The minimum absolute atomic E-state index is 0.116. The number of rotatable bonds is 5. The van der Waals surface area contributed by atoms with Gasteiger partial charge in [0.05, 0.1) is 12.5 Å². The maximum absolute atomic E-state index is 11.9. The Morgan fingerprint density at radius 1 is 1.48 bits per heavy atom. The van der Waals surface area contributed by atoms with Gasteiger partial charge in [-0.2, -0.15) is 0 Å². The van der Waals surface area contributed by atoms with E-state index >= 15 is 0 Å². The van der Waals surface area contributed by atoms with Crippen LogP contribution < -0.4 is 5.32 Å². The van der Waals surface area contributed by atoms with Gasteiger partial charge in [0, 0.05) is 17.1 Å². The molecule has 2 rings (SSSR count). The highest BCUT2D eigenvalue weighted by atomic mass is 32.1. The van der Waals surface area contributed by atoms with Crippen LogP contribution in [-0.2, 0) is 11.2 Å². The van der Waals surface area contributed by atoms with Crippen molar-refractivity contribution in [1.29, 1.82) is 0 Å². The van der Waals surface area contributed by atoms with Gasteiger partial charge in [0.25, 0.3) is 0 Å². The predicted molar refractivity (Wildman–Crippen MR) is 87.1 cm³/mol. The van der Waals surface area contributed by atoms with Gasteiger partial charge in [-0.05, 0) is 31.6 Å². The fourth-order valence-electron chi connectivity index (χ4n) is 2.02. The summed E-state index contributed by atoms with van der Waals surface area (Å²) in [5, 5.41) is 12.8. The van der Waals surface area contributed by atoms with Gasteiger partial charge in [-0.3, -0.25) is 4.79 Å². The summed E-state index contributed by atoms with van der Waals surface area (Å²) in [4.78, 5) is 15.9. The summed E-state index contributed by atoms with van der Waals surface area (Å²) >= 11 is 6.46. The molecule has 3 N–H and O–H groups in total. The molecule has 0 spiro atoms. The van der Waals surface area contributed by atoms with E-state index in [9.17, 15) is 9.90 Å². The topological polar surface area (TPSA) is 65.1 Å². The number of thiazole rings is 1. The van der Waals surface area contributed by atoms with Crippen LogP contribution >= 0.6 is 23.6 Å². The molecule has 4 nitrogen and oxygen atoms in total. The lowest BCUT2D eigenvalue weighted by atomic mass is 10.1. The smallest absolute Gasteiger partial charge is 0.225 e. The normalized spacial score (nSPS) is 12.1. The van der Waals surface area contributed by atoms with E-state index in [2.05, 4.69) is 10.3 Å². The van der Waals surface area contributed by atoms with Crippen molar-refractivity contribution >= 4 is 29.5 Å². The van der Waals surface area contributed by atoms with Gasteiger partial charge in [-0.25, -0.2) is 0 Å². The molecule has 1 heterocycles. The second-order valence-electron chi connectivity index (χ2n) is 4.97. The molecule has 1 atom stereocenters. The van der Waals surface area contributed by atoms with Crippen molar-refractivity contribution in [2.24, 2.45) is 0 Å². The average molecular weight is 322 g/mol. The molecule has 2 aromatic rings. The summed E-state index contributed by atoms with van der Waals surface area (Å²) in [5.41, 5.74) is 2.82. The number of hydrogen-bond acceptors (Lipinski definition) is 4. The molecule has 112 valence electrons. The second-order valence-corrected chi connectivity index (χ2v) is 6.75. The zero-order valence-corrected chi connectivity index (χ0v) is 13.6. The Morgan fingerprint density at radius 2 is 2.24 bits per heavy atom. The third-order valence-corrected chi connectivity index (χ3v) is 4.50. The van der Waals surface area contributed by atoms with Gasteiger partial charge < -0.3 is 15.4 Å². The highest BCUT2D eigenvalue weighted by Gasteiger charge is 2.12. The number of aliphatic hydroxyl groups is 1. The molecule has 1 amide bonds. The van der Waals surface area contributed by atoms with Gasteiger partial charge in [0.2, 0.25) is 5.91 Å². The van der Waals surface area contributed by atoms with Crippen LogP contribution in [0.5, 0.6) is 0 Å². The van der Waals surface area contributed by atoms with Crippen molar-refractivity contribution in [3.63, 3.8) is 0 Å². The minimum Gasteiger partial charge on any atom is -0.387 e. The van der Waals surface area contributed by atoms with E-state index < -0.39 is 6.10 Å². The first kappa shape index (κ1) is 15.9. The SMILES string of the molecule is Cc1cccc([C@@H](O)CNC(=O)Cc2sc(=S)[nH]c2C)c1. The third kappa shape index (κ3) is 4.49. The quantitative estimate of drug-likeness (QED) is 0.742. The summed E-state index contributed by atoms with van der Waals surface area (Å²) in [5.74, 6) is -0.116. The van der Waals surface area contributed by atoms with Crippen LogP contribution in [0, 0.1) is 17.8 Å². The third-order valence-electron chi connectivity index (χ3n) is 3.16. The molecular formula is C15H18N2O2S2. The molecular weight excluding hydrogens is 304 g/mol. The lowest BCUT2D eigenvalue weighted by Crippen LogP contribution is -2.29. The Bertz CT molecular complexity index is 691. The number of amides is 1. The number of benzene rings is 1. The number of carbonyl (C=O) groups excluding carboxylic acids is 1. The molecule has 0 aliphatic heterocycles. The Balaban J connectivity index is 1.89. The van der Waals surface area contributed by atoms with Gasteiger partial charge >= 0.3 is 0 Å². The summed E-state index contributed by atoms with van der Waals surface area (Å²) in [6.07, 6.45) is -0.413. The fraction of sp³-hybridized carbons (Fsp3) is 0.333. The van der Waals surface area contributed by atoms with E-state index in [0.29, 0.717) is 3.95 Å². The van der Waals surface area contributed by atoms with Crippen molar-refractivity contribution in [2.45, 2.75) is 26.4 Å². The van der Waals surface area contributed by atoms with Crippen molar-refractivity contribution in [1.82, 2.24) is 10.3 Å². The lowest BCUT2D eigenvalue weighted by Gasteiger charge is -2.12.